The highest BCUT2D eigenvalue weighted by atomic mass is 35.7. The van der Waals surface area contributed by atoms with Crippen molar-refractivity contribution < 1.29 is 26.8 Å². The summed E-state index contributed by atoms with van der Waals surface area (Å²) in [6.45, 7) is -4.26. The van der Waals surface area contributed by atoms with Gasteiger partial charge in [0.15, 0.2) is 11.6 Å². The van der Waals surface area contributed by atoms with Crippen molar-refractivity contribution in [1.82, 2.24) is 0 Å². The van der Waals surface area contributed by atoms with E-state index in [1.54, 1.807) is 0 Å². The zero-order valence-corrected chi connectivity index (χ0v) is 11.9. The minimum atomic E-state index is -4.21. The van der Waals surface area contributed by atoms with Gasteiger partial charge in [0.2, 0.25) is 5.75 Å². The fourth-order valence-electron chi connectivity index (χ4n) is 1.25. The Balaban J connectivity index is 2.63. The third kappa shape index (κ3) is 5.46. The van der Waals surface area contributed by atoms with Crippen molar-refractivity contribution in [2.45, 2.75) is 19.3 Å². The molecule has 0 saturated carbocycles. The molecule has 1 unspecified atom stereocenters. The van der Waals surface area contributed by atoms with Crippen LogP contribution in [0, 0.1) is 29.8 Å². The van der Waals surface area contributed by atoms with Crippen LogP contribution >= 0.6 is 18.2 Å². The first kappa shape index (κ1) is 16.9. The normalized spacial score (nSPS) is 13.6. The molecule has 110 valence electrons. The maximum absolute atomic E-state index is 13.3. The summed E-state index contributed by atoms with van der Waals surface area (Å²) < 4.78 is 60.1. The molecule has 0 spiro atoms. The maximum atomic E-state index is 13.3. The van der Waals surface area contributed by atoms with Crippen LogP contribution in [-0.4, -0.2) is 6.61 Å². The van der Waals surface area contributed by atoms with Crippen LogP contribution in [-0.2, 0) is 9.09 Å². The monoisotopic (exact) mass is 326 g/mol. The SMILES string of the molecule is C#CCCCCOP(=O)(Cl)Oc1c(F)cc(F)cc1F. The lowest BCUT2D eigenvalue weighted by Gasteiger charge is -2.13. The Bertz CT molecular complexity index is 536. The lowest BCUT2D eigenvalue weighted by Crippen LogP contribution is -1.99. The molecule has 1 aromatic carbocycles. The van der Waals surface area contributed by atoms with E-state index in [9.17, 15) is 17.7 Å². The van der Waals surface area contributed by atoms with Gasteiger partial charge in [0, 0.05) is 29.8 Å². The Morgan fingerprint density at radius 2 is 1.85 bits per heavy atom. The van der Waals surface area contributed by atoms with E-state index in [2.05, 4.69) is 10.4 Å². The average Bonchev–Trinajstić information content (AvgIpc) is 2.33. The number of benzene rings is 1. The summed E-state index contributed by atoms with van der Waals surface area (Å²) in [5.41, 5.74) is 0. The lowest BCUT2D eigenvalue weighted by atomic mass is 10.2. The van der Waals surface area contributed by atoms with Crippen LogP contribution in [0.2, 0.25) is 0 Å². The van der Waals surface area contributed by atoms with Crippen molar-refractivity contribution in [2.75, 3.05) is 6.61 Å². The van der Waals surface area contributed by atoms with Gasteiger partial charge in [-0.3, -0.25) is 4.52 Å². The zero-order chi connectivity index (χ0) is 15.2. The molecule has 0 radical (unpaired) electrons. The molecule has 0 heterocycles. The van der Waals surface area contributed by atoms with Crippen LogP contribution in [0.3, 0.4) is 0 Å². The van der Waals surface area contributed by atoms with Gasteiger partial charge >= 0.3 is 6.95 Å². The number of hydrogen-bond donors (Lipinski definition) is 0. The third-order valence-corrected chi connectivity index (χ3v) is 3.52. The van der Waals surface area contributed by atoms with Gasteiger partial charge in [-0.1, -0.05) is 0 Å². The van der Waals surface area contributed by atoms with Crippen LogP contribution in [0.25, 0.3) is 0 Å². The van der Waals surface area contributed by atoms with E-state index >= 15 is 0 Å². The fourth-order valence-corrected chi connectivity index (χ4v) is 2.46. The molecule has 0 saturated heterocycles. The summed E-state index contributed by atoms with van der Waals surface area (Å²) in [7, 11) is 0. The van der Waals surface area contributed by atoms with Gasteiger partial charge < -0.3 is 4.52 Å². The largest absolute Gasteiger partial charge is 0.476 e. The standard InChI is InChI=1S/C12H11ClF3O3P/c1-2-3-4-5-6-18-20(13,17)19-12-10(15)7-9(14)8-11(12)16/h1,7-8H,3-6H2. The summed E-state index contributed by atoms with van der Waals surface area (Å²) in [4.78, 5) is 0. The molecule has 1 rings (SSSR count). The van der Waals surface area contributed by atoms with Crippen molar-refractivity contribution in [3.8, 4) is 18.1 Å². The van der Waals surface area contributed by atoms with Crippen molar-refractivity contribution >= 4 is 18.2 Å². The van der Waals surface area contributed by atoms with E-state index in [0.29, 0.717) is 31.4 Å². The molecule has 3 nitrogen and oxygen atoms in total. The Morgan fingerprint density at radius 3 is 2.40 bits per heavy atom. The van der Waals surface area contributed by atoms with E-state index < -0.39 is 30.1 Å². The summed E-state index contributed by atoms with van der Waals surface area (Å²) in [5.74, 6) is -2.50. The van der Waals surface area contributed by atoms with E-state index in [0.717, 1.165) is 0 Å². The predicted molar refractivity (Wildman–Crippen MR) is 69.0 cm³/mol. The molecule has 0 aromatic heterocycles. The molecule has 0 aliphatic rings. The van der Waals surface area contributed by atoms with Crippen molar-refractivity contribution in [1.29, 1.82) is 0 Å². The average molecular weight is 327 g/mol. The van der Waals surface area contributed by atoms with Gasteiger partial charge in [0.1, 0.15) is 5.82 Å². The smallest absolute Gasteiger partial charge is 0.407 e. The molecule has 0 fully saturated rings. The van der Waals surface area contributed by atoms with Gasteiger partial charge in [0.25, 0.3) is 0 Å². The highest BCUT2D eigenvalue weighted by molar-refractivity contribution is 7.81. The lowest BCUT2D eigenvalue weighted by molar-refractivity contribution is 0.267. The second-order valence-corrected chi connectivity index (χ2v) is 6.26. The van der Waals surface area contributed by atoms with E-state index in [1.165, 1.54) is 0 Å². The predicted octanol–water partition coefficient (Wildman–Crippen LogP) is 4.65. The van der Waals surface area contributed by atoms with Crippen molar-refractivity contribution in [3.05, 3.63) is 29.6 Å². The highest BCUT2D eigenvalue weighted by Crippen LogP contribution is 2.54. The molecular formula is C12H11ClF3O3P. The minimum absolute atomic E-state index is 0.0487. The Morgan fingerprint density at radius 1 is 1.25 bits per heavy atom. The molecule has 0 aliphatic carbocycles. The van der Waals surface area contributed by atoms with Gasteiger partial charge in [-0.05, 0) is 12.8 Å². The van der Waals surface area contributed by atoms with Crippen LogP contribution in [0.15, 0.2) is 12.1 Å². The summed E-state index contributed by atoms with van der Waals surface area (Å²) >= 11 is 5.41. The first-order chi connectivity index (χ1) is 9.35. The van der Waals surface area contributed by atoms with Crippen molar-refractivity contribution in [2.24, 2.45) is 0 Å². The number of halogens is 4. The van der Waals surface area contributed by atoms with E-state index in [4.69, 9.17) is 22.2 Å². The molecule has 1 aromatic rings. The van der Waals surface area contributed by atoms with Gasteiger partial charge in [0.05, 0.1) is 6.61 Å². The molecular weight excluding hydrogens is 316 g/mol. The molecule has 0 amide bonds. The molecule has 0 bridgehead atoms. The highest BCUT2D eigenvalue weighted by Gasteiger charge is 2.27. The molecule has 1 atom stereocenters. The minimum Gasteiger partial charge on any atom is -0.407 e. The van der Waals surface area contributed by atoms with Crippen molar-refractivity contribution in [3.63, 3.8) is 0 Å². The Labute approximate surface area is 119 Å². The van der Waals surface area contributed by atoms with Gasteiger partial charge in [-0.15, -0.1) is 12.3 Å². The number of terminal acetylenes is 1. The van der Waals surface area contributed by atoms with Gasteiger partial charge in [-0.2, -0.15) is 0 Å². The zero-order valence-electron chi connectivity index (χ0n) is 10.2. The Kier molecular flexibility index (Phi) is 6.41. The Hall–Kier alpha value is -1.15. The number of hydrogen-bond acceptors (Lipinski definition) is 3. The quantitative estimate of drug-likeness (QED) is 0.415. The second-order valence-electron chi connectivity index (χ2n) is 3.71. The van der Waals surface area contributed by atoms with E-state index in [-0.39, 0.29) is 6.61 Å². The van der Waals surface area contributed by atoms with Crippen LogP contribution in [0.1, 0.15) is 19.3 Å². The molecule has 20 heavy (non-hydrogen) atoms. The fraction of sp³-hybridized carbons (Fsp3) is 0.333. The summed E-state index contributed by atoms with van der Waals surface area (Å²) in [6, 6.07) is 0.754. The summed E-state index contributed by atoms with van der Waals surface area (Å²) in [6.07, 6.45) is 6.62. The number of unbranched alkanes of at least 4 members (excludes halogenated alkanes) is 2. The van der Waals surface area contributed by atoms with Crippen LogP contribution < -0.4 is 4.52 Å². The second kappa shape index (κ2) is 7.58. The summed E-state index contributed by atoms with van der Waals surface area (Å²) in [5, 5.41) is 0. The number of rotatable bonds is 7. The molecule has 0 N–H and O–H groups in total. The van der Waals surface area contributed by atoms with Crippen LogP contribution in [0.5, 0.6) is 5.75 Å². The van der Waals surface area contributed by atoms with Crippen LogP contribution in [0.4, 0.5) is 13.2 Å². The first-order valence-electron chi connectivity index (χ1n) is 5.57. The van der Waals surface area contributed by atoms with E-state index in [1.807, 2.05) is 0 Å². The first-order valence-corrected chi connectivity index (χ1v) is 8.02. The maximum Gasteiger partial charge on any atom is 0.476 e. The third-order valence-electron chi connectivity index (χ3n) is 2.12. The topological polar surface area (TPSA) is 35.5 Å². The molecule has 0 aliphatic heterocycles. The van der Waals surface area contributed by atoms with Gasteiger partial charge in [-0.25, -0.2) is 17.7 Å². The molecule has 8 heteroatoms.